The van der Waals surface area contributed by atoms with Crippen LogP contribution < -0.4 is 0 Å². The van der Waals surface area contributed by atoms with Crippen LogP contribution in [0.1, 0.15) is 71.1 Å². The largest absolute Gasteiger partial charge is 0.528 e. The third-order valence-corrected chi connectivity index (χ3v) is 5.86. The topological polar surface area (TPSA) is 27.7 Å². The molecule has 4 heteroatoms. The monoisotopic (exact) mass is 302 g/mol. The third kappa shape index (κ3) is 9.70. The predicted octanol–water partition coefficient (Wildman–Crippen LogP) is 4.88. The molecule has 0 aliphatic heterocycles. The SMILES string of the molecule is C=C[Si](OC)(OC)OCCCCCCCCCCCC. The van der Waals surface area contributed by atoms with E-state index in [2.05, 4.69) is 13.5 Å². The lowest BCUT2D eigenvalue weighted by Gasteiger charge is -2.22. The quantitative estimate of drug-likeness (QED) is 0.319. The molecule has 0 N–H and O–H groups in total. The van der Waals surface area contributed by atoms with Crippen molar-refractivity contribution in [1.82, 2.24) is 0 Å². The first kappa shape index (κ1) is 19.8. The molecule has 120 valence electrons. The molecule has 0 atom stereocenters. The average Bonchev–Trinajstić information content (AvgIpc) is 2.49. The van der Waals surface area contributed by atoms with E-state index in [0.717, 1.165) is 6.42 Å². The number of hydrogen-bond acceptors (Lipinski definition) is 3. The zero-order valence-corrected chi connectivity index (χ0v) is 14.8. The fourth-order valence-electron chi connectivity index (χ4n) is 2.23. The van der Waals surface area contributed by atoms with Crippen molar-refractivity contribution in [2.24, 2.45) is 0 Å². The molecule has 20 heavy (non-hydrogen) atoms. The molecule has 0 unspecified atom stereocenters. The Morgan fingerprint density at radius 3 is 1.65 bits per heavy atom. The van der Waals surface area contributed by atoms with E-state index in [1.54, 1.807) is 19.9 Å². The average molecular weight is 303 g/mol. The molecule has 0 aromatic carbocycles. The standard InChI is InChI=1S/C16H34O3Si/c1-5-7-8-9-10-11-12-13-14-15-16-19-20(6-2,17-3)18-4/h6H,2,5,7-16H2,1,3-4H3. The summed E-state index contributed by atoms with van der Waals surface area (Å²) in [7, 11) is 0.694. The van der Waals surface area contributed by atoms with Gasteiger partial charge in [-0.2, -0.15) is 0 Å². The summed E-state index contributed by atoms with van der Waals surface area (Å²) in [4.78, 5) is 0. The molecule has 0 bridgehead atoms. The summed E-state index contributed by atoms with van der Waals surface area (Å²) in [5.74, 6) is 0. The van der Waals surface area contributed by atoms with E-state index in [-0.39, 0.29) is 0 Å². The molecule has 0 aliphatic carbocycles. The fraction of sp³-hybridized carbons (Fsp3) is 0.875. The van der Waals surface area contributed by atoms with Crippen molar-refractivity contribution >= 4 is 8.80 Å². The summed E-state index contributed by atoms with van der Waals surface area (Å²) in [5, 5.41) is 0. The number of rotatable bonds is 15. The Morgan fingerprint density at radius 1 is 0.800 bits per heavy atom. The van der Waals surface area contributed by atoms with E-state index >= 15 is 0 Å². The second-order valence-corrected chi connectivity index (χ2v) is 7.97. The van der Waals surface area contributed by atoms with Gasteiger partial charge < -0.3 is 13.3 Å². The van der Waals surface area contributed by atoms with Crippen molar-refractivity contribution < 1.29 is 13.3 Å². The normalized spacial score (nSPS) is 11.8. The van der Waals surface area contributed by atoms with Gasteiger partial charge in [0.05, 0.1) is 0 Å². The lowest BCUT2D eigenvalue weighted by molar-refractivity contribution is 0.110. The first-order valence-electron chi connectivity index (χ1n) is 8.12. The van der Waals surface area contributed by atoms with Gasteiger partial charge in [0.25, 0.3) is 0 Å². The van der Waals surface area contributed by atoms with Crippen LogP contribution >= 0.6 is 0 Å². The van der Waals surface area contributed by atoms with Gasteiger partial charge in [0.15, 0.2) is 0 Å². The third-order valence-electron chi connectivity index (χ3n) is 3.62. The van der Waals surface area contributed by atoms with Crippen molar-refractivity contribution in [3.63, 3.8) is 0 Å². The molecule has 0 radical (unpaired) electrons. The van der Waals surface area contributed by atoms with Gasteiger partial charge in [-0.1, -0.05) is 71.3 Å². The van der Waals surface area contributed by atoms with Crippen LogP contribution in [0.5, 0.6) is 0 Å². The van der Waals surface area contributed by atoms with Crippen LogP contribution in [0.2, 0.25) is 0 Å². The van der Waals surface area contributed by atoms with Crippen LogP contribution in [0.25, 0.3) is 0 Å². The minimum Gasteiger partial charge on any atom is -0.374 e. The zero-order chi connectivity index (χ0) is 15.1. The molecular weight excluding hydrogens is 268 g/mol. The highest BCUT2D eigenvalue weighted by atomic mass is 28.4. The molecule has 0 rings (SSSR count). The first-order chi connectivity index (χ1) is 9.74. The van der Waals surface area contributed by atoms with Gasteiger partial charge in [0.2, 0.25) is 0 Å². The van der Waals surface area contributed by atoms with E-state index in [0.29, 0.717) is 6.61 Å². The summed E-state index contributed by atoms with van der Waals surface area (Å²) in [6.45, 7) is 6.70. The van der Waals surface area contributed by atoms with E-state index in [4.69, 9.17) is 13.3 Å². The number of hydrogen-bond donors (Lipinski definition) is 0. The molecule has 3 nitrogen and oxygen atoms in total. The van der Waals surface area contributed by atoms with Crippen molar-refractivity contribution in [3.8, 4) is 0 Å². The summed E-state index contributed by atoms with van der Waals surface area (Å²) in [6.07, 6.45) is 13.3. The molecule has 0 spiro atoms. The molecule has 0 aromatic heterocycles. The van der Waals surface area contributed by atoms with Gasteiger partial charge in [-0.05, 0) is 12.1 Å². The second-order valence-electron chi connectivity index (χ2n) is 5.25. The maximum atomic E-state index is 5.73. The summed E-state index contributed by atoms with van der Waals surface area (Å²) < 4.78 is 16.3. The molecule has 0 aliphatic rings. The van der Waals surface area contributed by atoms with Crippen molar-refractivity contribution in [3.05, 3.63) is 12.3 Å². The Labute approximate surface area is 127 Å². The molecule has 0 saturated carbocycles. The minimum atomic E-state index is -2.55. The van der Waals surface area contributed by atoms with E-state index in [9.17, 15) is 0 Å². The van der Waals surface area contributed by atoms with Crippen LogP contribution in [0.15, 0.2) is 12.3 Å². The molecule has 0 heterocycles. The van der Waals surface area contributed by atoms with Gasteiger partial charge in [-0.15, -0.1) is 0 Å². The Kier molecular flexibility index (Phi) is 13.7. The van der Waals surface area contributed by atoms with Gasteiger partial charge in [0.1, 0.15) is 0 Å². The highest BCUT2D eigenvalue weighted by molar-refractivity contribution is 6.66. The van der Waals surface area contributed by atoms with E-state index < -0.39 is 8.80 Å². The van der Waals surface area contributed by atoms with Crippen LogP contribution in [0, 0.1) is 0 Å². The van der Waals surface area contributed by atoms with Gasteiger partial charge >= 0.3 is 8.80 Å². The molecular formula is C16H34O3Si. The predicted molar refractivity (Wildman–Crippen MR) is 87.8 cm³/mol. The molecule has 0 amide bonds. The first-order valence-corrected chi connectivity index (χ1v) is 9.92. The zero-order valence-electron chi connectivity index (χ0n) is 13.8. The fourth-order valence-corrected chi connectivity index (χ4v) is 3.51. The summed E-state index contributed by atoms with van der Waals surface area (Å²) in [6, 6.07) is 0. The minimum absolute atomic E-state index is 0.705. The van der Waals surface area contributed by atoms with Crippen LogP contribution in [0.3, 0.4) is 0 Å². The molecule has 0 aromatic rings. The number of unbranched alkanes of at least 4 members (excludes halogenated alkanes) is 9. The van der Waals surface area contributed by atoms with Gasteiger partial charge in [-0.25, -0.2) is 0 Å². The molecule has 0 saturated heterocycles. The van der Waals surface area contributed by atoms with E-state index in [1.165, 1.54) is 57.8 Å². The summed E-state index contributed by atoms with van der Waals surface area (Å²) >= 11 is 0. The van der Waals surface area contributed by atoms with Crippen LogP contribution in [0.4, 0.5) is 0 Å². The van der Waals surface area contributed by atoms with Crippen LogP contribution in [-0.4, -0.2) is 29.6 Å². The van der Waals surface area contributed by atoms with Crippen molar-refractivity contribution in [2.45, 2.75) is 71.1 Å². The smallest absolute Gasteiger partial charge is 0.374 e. The highest BCUT2D eigenvalue weighted by Gasteiger charge is 2.34. The molecule has 0 fully saturated rings. The van der Waals surface area contributed by atoms with Gasteiger partial charge in [-0.3, -0.25) is 0 Å². The van der Waals surface area contributed by atoms with Crippen LogP contribution in [-0.2, 0) is 13.3 Å². The Hall–Kier alpha value is -0.163. The summed E-state index contributed by atoms with van der Waals surface area (Å²) in [5.41, 5.74) is 1.68. The van der Waals surface area contributed by atoms with Crippen molar-refractivity contribution in [1.29, 1.82) is 0 Å². The Balaban J connectivity index is 3.34. The lowest BCUT2D eigenvalue weighted by Crippen LogP contribution is -2.42. The second kappa shape index (κ2) is 13.8. The van der Waals surface area contributed by atoms with Gasteiger partial charge in [0, 0.05) is 20.8 Å². The Bertz CT molecular complexity index is 218. The van der Waals surface area contributed by atoms with Crippen molar-refractivity contribution in [2.75, 3.05) is 20.8 Å². The maximum Gasteiger partial charge on any atom is 0.528 e. The maximum absolute atomic E-state index is 5.73. The lowest BCUT2D eigenvalue weighted by atomic mass is 10.1. The van der Waals surface area contributed by atoms with E-state index in [1.807, 2.05) is 0 Å². The highest BCUT2D eigenvalue weighted by Crippen LogP contribution is 2.12. The Morgan fingerprint density at radius 2 is 1.25 bits per heavy atom.